The summed E-state index contributed by atoms with van der Waals surface area (Å²) >= 11 is 0. The molecule has 11 N–H and O–H groups in total. The molecule has 24 heteroatoms. The summed E-state index contributed by atoms with van der Waals surface area (Å²) in [5.74, 6) is -4.22. The first-order valence-corrected chi connectivity index (χ1v) is 21.3. The molecule has 0 aromatic rings. The molecule has 24 nitrogen and oxygen atoms in total. The Morgan fingerprint density at radius 2 is 0.672 bits per heavy atom. The maximum atomic E-state index is 11.9. The zero-order valence-electron chi connectivity index (χ0n) is 35.8. The Balaban J connectivity index is 0.000000161. The van der Waals surface area contributed by atoms with Gasteiger partial charge in [0.1, 0.15) is 27.8 Å². The molecule has 4 heterocycles. The molecule has 4 saturated heterocycles. The standard InChI is InChI=1S/C13H20N2O4.3C9H12N2O4/c1-12(2,3)19-9(16)6-7-13(8-4-5-8)10(17)14-11(18)15-13;3*12-6(13)3-4-9(5-1-2-5)7(14)10-8(15)11-9/h8H,4-7H2,1-3H3,(H2,14,15,17,18);3*5H,1-4H2,(H,12,13)(H2,10,11,14,15)/t;2*9-;/m.10./s1. The molecule has 0 aromatic heterocycles. The Labute approximate surface area is 366 Å². The van der Waals surface area contributed by atoms with E-state index < -0.39 is 69.8 Å². The fraction of sp³-hybridized carbons (Fsp3) is 0.700. The number of carboxylic acids is 3. The van der Waals surface area contributed by atoms with Crippen LogP contribution in [0.15, 0.2) is 0 Å². The highest BCUT2D eigenvalue weighted by atomic mass is 16.6. The van der Waals surface area contributed by atoms with Gasteiger partial charge in [0, 0.05) is 25.7 Å². The minimum absolute atomic E-state index is 0.100. The number of carboxylic acid groups (broad SMARTS) is 3. The van der Waals surface area contributed by atoms with Crippen molar-refractivity contribution in [2.75, 3.05) is 0 Å². The molecule has 4 aliphatic heterocycles. The van der Waals surface area contributed by atoms with Gasteiger partial charge in [-0.15, -0.1) is 0 Å². The average Bonchev–Trinajstić information content (AvgIpc) is 4.00. The van der Waals surface area contributed by atoms with E-state index in [9.17, 15) is 57.5 Å². The fourth-order valence-corrected chi connectivity index (χ4v) is 8.60. The Bertz CT molecular complexity index is 1830. The number of aliphatic carboxylic acids is 3. The number of nitrogens with one attached hydrogen (secondary N) is 8. The molecule has 8 aliphatic rings. The number of hydrogen-bond acceptors (Lipinski definition) is 13. The van der Waals surface area contributed by atoms with Crippen LogP contribution in [0.2, 0.25) is 0 Å². The molecular formula is C40H56N8O16. The van der Waals surface area contributed by atoms with Crippen LogP contribution in [0.5, 0.6) is 0 Å². The summed E-state index contributed by atoms with van der Waals surface area (Å²) in [5, 5.41) is 45.0. The highest BCUT2D eigenvalue weighted by molar-refractivity contribution is 6.09. The van der Waals surface area contributed by atoms with Crippen molar-refractivity contribution in [3.05, 3.63) is 0 Å². The van der Waals surface area contributed by atoms with Gasteiger partial charge in [-0.2, -0.15) is 0 Å². The number of imide groups is 4. The molecule has 4 saturated carbocycles. The zero-order valence-corrected chi connectivity index (χ0v) is 35.8. The van der Waals surface area contributed by atoms with E-state index in [-0.39, 0.29) is 98.2 Å². The molecule has 4 atom stereocenters. The van der Waals surface area contributed by atoms with Gasteiger partial charge in [0.05, 0.1) is 0 Å². The largest absolute Gasteiger partial charge is 0.481 e. The van der Waals surface area contributed by atoms with Crippen LogP contribution in [0.3, 0.4) is 0 Å². The first kappa shape index (κ1) is 48.7. The van der Waals surface area contributed by atoms with Crippen molar-refractivity contribution in [1.82, 2.24) is 42.5 Å². The molecular weight excluding hydrogens is 848 g/mol. The van der Waals surface area contributed by atoms with Crippen LogP contribution >= 0.6 is 0 Å². The first-order valence-electron chi connectivity index (χ1n) is 21.3. The van der Waals surface area contributed by atoms with Gasteiger partial charge in [0.2, 0.25) is 0 Å². The van der Waals surface area contributed by atoms with Crippen LogP contribution in [0.1, 0.15) is 124 Å². The van der Waals surface area contributed by atoms with E-state index in [1.54, 1.807) is 20.8 Å². The summed E-state index contributed by atoms with van der Waals surface area (Å²) in [4.78, 5) is 134. The molecule has 64 heavy (non-hydrogen) atoms. The van der Waals surface area contributed by atoms with Gasteiger partial charge in [-0.3, -0.25) is 59.6 Å². The van der Waals surface area contributed by atoms with Gasteiger partial charge >= 0.3 is 48.0 Å². The lowest BCUT2D eigenvalue weighted by Gasteiger charge is -2.26. The molecule has 352 valence electrons. The van der Waals surface area contributed by atoms with E-state index in [0.717, 1.165) is 51.4 Å². The summed E-state index contributed by atoms with van der Waals surface area (Å²) in [6.45, 7) is 5.39. The van der Waals surface area contributed by atoms with E-state index in [0.29, 0.717) is 6.42 Å². The second kappa shape index (κ2) is 18.8. The van der Waals surface area contributed by atoms with E-state index >= 15 is 0 Å². The smallest absolute Gasteiger partial charge is 0.322 e. The number of urea groups is 4. The SMILES string of the molecule is CC(C)(C)OC(=O)CCC1(C2CC2)NC(=O)NC1=O.O=C(O)CCC1(C2CC2)NC(=O)NC1=O.O=C(O)CC[C@@]1(C2CC2)NC(=O)NC1=O.O=C(O)CC[C@]1(C2CC2)NC(=O)NC1=O. The second-order valence-corrected chi connectivity index (χ2v) is 18.4. The Morgan fingerprint density at radius 1 is 0.453 bits per heavy atom. The molecule has 0 spiro atoms. The van der Waals surface area contributed by atoms with E-state index in [2.05, 4.69) is 42.5 Å². The average molecular weight is 905 g/mol. The number of esters is 1. The maximum absolute atomic E-state index is 11.9. The topological polar surface area (TPSA) is 371 Å². The summed E-state index contributed by atoms with van der Waals surface area (Å²) in [5.41, 5.74) is -4.33. The van der Waals surface area contributed by atoms with Crippen LogP contribution in [-0.2, 0) is 43.1 Å². The van der Waals surface area contributed by atoms with Crippen molar-refractivity contribution in [3.8, 4) is 0 Å². The fourth-order valence-electron chi connectivity index (χ4n) is 8.60. The van der Waals surface area contributed by atoms with Gasteiger partial charge in [-0.05, 0) is 121 Å². The molecule has 8 fully saturated rings. The summed E-state index contributed by atoms with van der Waals surface area (Å²) in [7, 11) is 0. The number of rotatable bonds is 16. The van der Waals surface area contributed by atoms with Crippen LogP contribution in [0.25, 0.3) is 0 Å². The highest BCUT2D eigenvalue weighted by Gasteiger charge is 2.58. The molecule has 0 radical (unpaired) electrons. The number of carbonyl (C=O) groups excluding carboxylic acids is 9. The van der Waals surface area contributed by atoms with Crippen molar-refractivity contribution in [1.29, 1.82) is 0 Å². The minimum Gasteiger partial charge on any atom is -0.481 e. The van der Waals surface area contributed by atoms with Crippen molar-refractivity contribution >= 4 is 71.6 Å². The third-order valence-electron chi connectivity index (χ3n) is 12.3. The van der Waals surface area contributed by atoms with Gasteiger partial charge in [-0.1, -0.05) is 0 Å². The van der Waals surface area contributed by atoms with Crippen molar-refractivity contribution < 1.29 is 77.6 Å². The molecule has 2 unspecified atom stereocenters. The minimum atomic E-state index is -0.963. The number of ether oxygens (including phenoxy) is 1. The van der Waals surface area contributed by atoms with Gasteiger partial charge in [0.15, 0.2) is 0 Å². The van der Waals surface area contributed by atoms with Crippen molar-refractivity contribution in [3.63, 3.8) is 0 Å². The summed E-state index contributed by atoms with van der Waals surface area (Å²) in [6.07, 6.45) is 7.63. The third-order valence-corrected chi connectivity index (χ3v) is 12.3. The van der Waals surface area contributed by atoms with Crippen molar-refractivity contribution in [2.45, 2.75) is 151 Å². The third kappa shape index (κ3) is 11.8. The quantitative estimate of drug-likeness (QED) is 0.0747. The predicted octanol–water partition coefficient (Wildman–Crippen LogP) is 0.615. The second-order valence-electron chi connectivity index (χ2n) is 18.4. The lowest BCUT2D eigenvalue weighted by atomic mass is 9.88. The van der Waals surface area contributed by atoms with Gasteiger partial charge in [-0.25, -0.2) is 19.2 Å². The number of amides is 12. The highest BCUT2D eigenvalue weighted by Crippen LogP contribution is 2.46. The van der Waals surface area contributed by atoms with E-state index in [1.165, 1.54) is 0 Å². The van der Waals surface area contributed by atoms with Gasteiger partial charge in [0.25, 0.3) is 23.6 Å². The lowest BCUT2D eigenvalue weighted by molar-refractivity contribution is -0.155. The van der Waals surface area contributed by atoms with E-state index in [4.69, 9.17) is 20.1 Å². The maximum Gasteiger partial charge on any atom is 0.322 e. The normalized spacial score (nSPS) is 29.0. The zero-order chi connectivity index (χ0) is 47.4. The van der Waals surface area contributed by atoms with Crippen molar-refractivity contribution in [2.24, 2.45) is 23.7 Å². The Kier molecular flexibility index (Phi) is 14.3. The number of carbonyl (C=O) groups is 12. The Morgan fingerprint density at radius 3 is 0.828 bits per heavy atom. The summed E-state index contributed by atoms with van der Waals surface area (Å²) < 4.78 is 5.22. The van der Waals surface area contributed by atoms with Crippen LogP contribution in [0, 0.1) is 23.7 Å². The lowest BCUT2D eigenvalue weighted by Crippen LogP contribution is -2.49. The molecule has 0 bridgehead atoms. The van der Waals surface area contributed by atoms with E-state index in [1.807, 2.05) is 0 Å². The van der Waals surface area contributed by atoms with Crippen LogP contribution in [-0.4, -0.2) is 115 Å². The Hall–Kier alpha value is -6.36. The monoisotopic (exact) mass is 904 g/mol. The van der Waals surface area contributed by atoms with Crippen LogP contribution in [0.4, 0.5) is 19.2 Å². The molecule has 4 aliphatic carbocycles. The number of hydrogen-bond donors (Lipinski definition) is 11. The molecule has 12 amide bonds. The first-order chi connectivity index (χ1) is 29.9. The van der Waals surface area contributed by atoms with Crippen LogP contribution < -0.4 is 42.5 Å². The summed E-state index contributed by atoms with van der Waals surface area (Å²) in [6, 6.07) is -2.02. The predicted molar refractivity (Wildman–Crippen MR) is 214 cm³/mol. The van der Waals surface area contributed by atoms with Gasteiger partial charge < -0.3 is 41.3 Å². The molecule has 0 aromatic carbocycles. The molecule has 8 rings (SSSR count).